The fourth-order valence-corrected chi connectivity index (χ4v) is 2.14. The highest BCUT2D eigenvalue weighted by Crippen LogP contribution is 2.28. The van der Waals surface area contributed by atoms with Gasteiger partial charge < -0.3 is 19.8 Å². The second-order valence-electron chi connectivity index (χ2n) is 4.74. The number of amides is 1. The Bertz CT molecular complexity index is 594. The molecule has 0 saturated heterocycles. The summed E-state index contributed by atoms with van der Waals surface area (Å²) < 4.78 is 11.1. The number of carbonyl (C=O) groups excluding carboxylic acids is 1. The van der Waals surface area contributed by atoms with Gasteiger partial charge in [0, 0.05) is 12.7 Å². The lowest BCUT2D eigenvalue weighted by Gasteiger charge is -2.12. The molecule has 2 N–H and O–H groups in total. The normalized spacial score (nSPS) is 10.3. The minimum Gasteiger partial charge on any atom is -0.490 e. The van der Waals surface area contributed by atoms with Gasteiger partial charge in [-0.25, -0.2) is 0 Å². The summed E-state index contributed by atoms with van der Waals surface area (Å²) >= 11 is 0. The molecule has 1 amide bonds. The molecule has 1 aromatic heterocycles. The van der Waals surface area contributed by atoms with Gasteiger partial charge in [0.1, 0.15) is 5.69 Å². The fraction of sp³-hybridized carbons (Fsp3) is 0.353. The number of aromatic amines is 1. The number of nitrogens with one attached hydrogen (secondary N) is 2. The second kappa shape index (κ2) is 8.12. The van der Waals surface area contributed by atoms with Crippen molar-refractivity contribution in [2.75, 3.05) is 19.8 Å². The second-order valence-corrected chi connectivity index (χ2v) is 4.74. The first kappa shape index (κ1) is 15.9. The van der Waals surface area contributed by atoms with E-state index in [2.05, 4.69) is 10.3 Å². The van der Waals surface area contributed by atoms with E-state index in [-0.39, 0.29) is 5.91 Å². The Morgan fingerprint density at radius 3 is 2.59 bits per heavy atom. The van der Waals surface area contributed by atoms with Gasteiger partial charge in [-0.2, -0.15) is 0 Å². The van der Waals surface area contributed by atoms with Crippen LogP contribution in [0.4, 0.5) is 0 Å². The summed E-state index contributed by atoms with van der Waals surface area (Å²) in [6.45, 7) is 5.65. The summed E-state index contributed by atoms with van der Waals surface area (Å²) in [5, 5.41) is 2.88. The Kier molecular flexibility index (Phi) is 5.89. The van der Waals surface area contributed by atoms with Crippen molar-refractivity contribution in [1.29, 1.82) is 0 Å². The molecular formula is C17H22N2O3. The van der Waals surface area contributed by atoms with Gasteiger partial charge in [-0.05, 0) is 50.1 Å². The lowest BCUT2D eigenvalue weighted by molar-refractivity contribution is 0.0950. The van der Waals surface area contributed by atoms with Crippen LogP contribution in [0, 0.1) is 0 Å². The van der Waals surface area contributed by atoms with Gasteiger partial charge in [-0.1, -0.05) is 6.07 Å². The van der Waals surface area contributed by atoms with Gasteiger partial charge in [0.15, 0.2) is 11.5 Å². The number of benzene rings is 1. The average molecular weight is 302 g/mol. The van der Waals surface area contributed by atoms with E-state index in [0.29, 0.717) is 25.5 Å². The molecule has 0 bridgehead atoms. The van der Waals surface area contributed by atoms with E-state index in [4.69, 9.17) is 9.47 Å². The molecule has 2 aromatic rings. The third-order valence-corrected chi connectivity index (χ3v) is 3.15. The molecule has 0 unspecified atom stereocenters. The molecule has 5 nitrogen and oxygen atoms in total. The smallest absolute Gasteiger partial charge is 0.267 e. The molecule has 0 saturated carbocycles. The average Bonchev–Trinajstić information content (AvgIpc) is 3.04. The van der Waals surface area contributed by atoms with Crippen molar-refractivity contribution in [3.8, 4) is 11.5 Å². The first-order valence-electron chi connectivity index (χ1n) is 7.54. The van der Waals surface area contributed by atoms with Crippen LogP contribution >= 0.6 is 0 Å². The van der Waals surface area contributed by atoms with Crippen LogP contribution in [0.2, 0.25) is 0 Å². The Balaban J connectivity index is 1.92. The third-order valence-electron chi connectivity index (χ3n) is 3.15. The Labute approximate surface area is 130 Å². The van der Waals surface area contributed by atoms with Gasteiger partial charge in [0.05, 0.1) is 13.2 Å². The van der Waals surface area contributed by atoms with Crippen LogP contribution in [0.15, 0.2) is 36.5 Å². The molecule has 1 aromatic carbocycles. The Morgan fingerprint density at radius 1 is 1.14 bits per heavy atom. The molecule has 1 heterocycles. The summed E-state index contributed by atoms with van der Waals surface area (Å²) in [5.74, 6) is 1.40. The van der Waals surface area contributed by atoms with Crippen molar-refractivity contribution in [3.63, 3.8) is 0 Å². The first-order valence-corrected chi connectivity index (χ1v) is 7.54. The van der Waals surface area contributed by atoms with E-state index in [9.17, 15) is 4.79 Å². The lowest BCUT2D eigenvalue weighted by atomic mass is 10.1. The first-order chi connectivity index (χ1) is 10.7. The maximum absolute atomic E-state index is 11.8. The molecule has 2 rings (SSSR count). The molecular weight excluding hydrogens is 280 g/mol. The van der Waals surface area contributed by atoms with Crippen molar-refractivity contribution in [2.24, 2.45) is 0 Å². The Morgan fingerprint density at radius 2 is 1.91 bits per heavy atom. The summed E-state index contributed by atoms with van der Waals surface area (Å²) in [5.41, 5.74) is 1.67. The van der Waals surface area contributed by atoms with Crippen LogP contribution in [0.3, 0.4) is 0 Å². The third kappa shape index (κ3) is 4.28. The number of rotatable bonds is 8. The number of hydrogen-bond donors (Lipinski definition) is 2. The molecule has 5 heteroatoms. The molecule has 0 aliphatic heterocycles. The van der Waals surface area contributed by atoms with Crippen LogP contribution in [0.5, 0.6) is 11.5 Å². The highest BCUT2D eigenvalue weighted by molar-refractivity contribution is 5.92. The number of carbonyl (C=O) groups is 1. The van der Waals surface area contributed by atoms with Crippen LogP contribution in [0.25, 0.3) is 0 Å². The van der Waals surface area contributed by atoms with Gasteiger partial charge in [0.2, 0.25) is 0 Å². The number of aromatic nitrogens is 1. The van der Waals surface area contributed by atoms with E-state index in [0.717, 1.165) is 23.5 Å². The van der Waals surface area contributed by atoms with E-state index in [1.807, 2.05) is 32.0 Å². The molecule has 0 atom stereocenters. The number of ether oxygens (including phenoxy) is 2. The topological polar surface area (TPSA) is 63.3 Å². The van der Waals surface area contributed by atoms with E-state index < -0.39 is 0 Å². The quantitative estimate of drug-likeness (QED) is 0.788. The number of hydrogen-bond acceptors (Lipinski definition) is 3. The van der Waals surface area contributed by atoms with Crippen LogP contribution in [0.1, 0.15) is 29.9 Å². The predicted octanol–water partition coefficient (Wildman–Crippen LogP) is 2.78. The van der Waals surface area contributed by atoms with Crippen molar-refractivity contribution in [3.05, 3.63) is 47.8 Å². The summed E-state index contributed by atoms with van der Waals surface area (Å²) in [4.78, 5) is 14.7. The summed E-state index contributed by atoms with van der Waals surface area (Å²) in [6, 6.07) is 9.43. The van der Waals surface area contributed by atoms with Crippen molar-refractivity contribution in [1.82, 2.24) is 10.3 Å². The van der Waals surface area contributed by atoms with Crippen LogP contribution < -0.4 is 14.8 Å². The van der Waals surface area contributed by atoms with Crippen molar-refractivity contribution in [2.45, 2.75) is 20.3 Å². The fourth-order valence-electron chi connectivity index (χ4n) is 2.14. The zero-order valence-electron chi connectivity index (χ0n) is 13.0. The monoisotopic (exact) mass is 302 g/mol. The molecule has 0 aliphatic rings. The van der Waals surface area contributed by atoms with E-state index >= 15 is 0 Å². The zero-order valence-corrected chi connectivity index (χ0v) is 13.0. The minimum absolute atomic E-state index is 0.0963. The van der Waals surface area contributed by atoms with Gasteiger partial charge in [0.25, 0.3) is 5.91 Å². The SMILES string of the molecule is CCOc1ccc(CCNC(=O)c2ccc[nH]2)cc1OCC. The van der Waals surface area contributed by atoms with Crippen molar-refractivity contribution >= 4 is 5.91 Å². The summed E-state index contributed by atoms with van der Waals surface area (Å²) in [7, 11) is 0. The van der Waals surface area contributed by atoms with E-state index in [1.54, 1.807) is 18.3 Å². The number of H-pyrrole nitrogens is 1. The molecule has 0 aliphatic carbocycles. The standard InChI is InChI=1S/C17H22N2O3/c1-3-21-15-8-7-13(12-16(15)22-4-2)9-11-19-17(20)14-6-5-10-18-14/h5-8,10,12,18H,3-4,9,11H2,1-2H3,(H,19,20). The highest BCUT2D eigenvalue weighted by atomic mass is 16.5. The molecule has 0 spiro atoms. The minimum atomic E-state index is -0.0963. The van der Waals surface area contributed by atoms with Crippen LogP contribution in [-0.4, -0.2) is 30.6 Å². The maximum atomic E-state index is 11.8. The van der Waals surface area contributed by atoms with Gasteiger partial charge in [-0.3, -0.25) is 4.79 Å². The maximum Gasteiger partial charge on any atom is 0.267 e. The molecule has 0 radical (unpaired) electrons. The zero-order chi connectivity index (χ0) is 15.8. The summed E-state index contributed by atoms with van der Waals surface area (Å²) in [6.07, 6.45) is 2.47. The van der Waals surface area contributed by atoms with Crippen LogP contribution in [-0.2, 0) is 6.42 Å². The van der Waals surface area contributed by atoms with Gasteiger partial charge in [-0.15, -0.1) is 0 Å². The van der Waals surface area contributed by atoms with Gasteiger partial charge >= 0.3 is 0 Å². The molecule has 118 valence electrons. The predicted molar refractivity (Wildman–Crippen MR) is 85.6 cm³/mol. The largest absolute Gasteiger partial charge is 0.490 e. The lowest BCUT2D eigenvalue weighted by Crippen LogP contribution is -2.25. The Hall–Kier alpha value is -2.43. The van der Waals surface area contributed by atoms with Crippen molar-refractivity contribution < 1.29 is 14.3 Å². The van der Waals surface area contributed by atoms with E-state index in [1.165, 1.54) is 0 Å². The molecule has 0 fully saturated rings. The molecule has 22 heavy (non-hydrogen) atoms. The highest BCUT2D eigenvalue weighted by Gasteiger charge is 2.08.